The highest BCUT2D eigenvalue weighted by Crippen LogP contribution is 2.22. The zero-order valence-corrected chi connectivity index (χ0v) is 21.6. The van der Waals surface area contributed by atoms with Gasteiger partial charge in [0.2, 0.25) is 5.95 Å². The maximum absolute atomic E-state index is 12.9. The predicted octanol–water partition coefficient (Wildman–Crippen LogP) is 2.37. The van der Waals surface area contributed by atoms with Crippen LogP contribution in [0.2, 0.25) is 0 Å². The maximum atomic E-state index is 12.9. The van der Waals surface area contributed by atoms with Gasteiger partial charge in [-0.25, -0.2) is 23.5 Å². The predicted molar refractivity (Wildman–Crippen MR) is 143 cm³/mol. The van der Waals surface area contributed by atoms with Crippen molar-refractivity contribution in [2.75, 3.05) is 56.0 Å². The molecule has 5 rings (SSSR count). The van der Waals surface area contributed by atoms with Gasteiger partial charge in [-0.05, 0) is 43.4 Å². The lowest BCUT2D eigenvalue weighted by molar-refractivity contribution is 0.313. The first-order chi connectivity index (χ1) is 17.2. The van der Waals surface area contributed by atoms with Crippen molar-refractivity contribution in [3.05, 3.63) is 59.0 Å². The molecule has 1 aliphatic rings. The number of nitrogens with one attached hydrogen (secondary N) is 1. The molecule has 1 fully saturated rings. The number of fused-ring (bicyclic) bond motifs is 1. The Morgan fingerprint density at radius 1 is 0.972 bits per heavy atom. The van der Waals surface area contributed by atoms with E-state index >= 15 is 0 Å². The van der Waals surface area contributed by atoms with E-state index in [0.717, 1.165) is 31.9 Å². The van der Waals surface area contributed by atoms with Crippen LogP contribution < -0.4 is 15.8 Å². The summed E-state index contributed by atoms with van der Waals surface area (Å²) in [5.74, 6) is 1.13. The molecule has 36 heavy (non-hydrogen) atoms. The minimum Gasteiger partial charge on any atom is -0.369 e. The summed E-state index contributed by atoms with van der Waals surface area (Å²) in [6, 6.07) is 13.3. The van der Waals surface area contributed by atoms with Crippen LogP contribution >= 0.6 is 0 Å². The van der Waals surface area contributed by atoms with Crippen molar-refractivity contribution in [1.29, 1.82) is 0 Å². The van der Waals surface area contributed by atoms with E-state index in [2.05, 4.69) is 53.6 Å². The van der Waals surface area contributed by atoms with Crippen molar-refractivity contribution in [2.45, 2.75) is 0 Å². The summed E-state index contributed by atoms with van der Waals surface area (Å²) in [7, 11) is 1.40. The fourth-order valence-corrected chi connectivity index (χ4v) is 4.72. The van der Waals surface area contributed by atoms with Gasteiger partial charge in [0.05, 0.1) is 0 Å². The Morgan fingerprint density at radius 2 is 1.69 bits per heavy atom. The quantitative estimate of drug-likeness (QED) is 0.438. The first kappa shape index (κ1) is 23.9. The molecule has 0 radical (unpaired) electrons. The number of hydrogen-bond donors (Lipinski definition) is 1. The van der Waals surface area contributed by atoms with E-state index in [9.17, 15) is 9.00 Å². The summed E-state index contributed by atoms with van der Waals surface area (Å²) < 4.78 is 19.3. The standard InChI is InChI=1S/C24H29N9O2S/c1-30-12-14-32(15-13-30)18-10-8-17(9-11-18)26-24-25-16-19-22(28-24)33(31(2)23(19)34)21-7-5-6-20(27-21)29-36(3,4)35/h5-11,16H,12-15H2,1-4H3,(H,25,26,28). The van der Waals surface area contributed by atoms with Crippen LogP contribution in [0.25, 0.3) is 16.9 Å². The lowest BCUT2D eigenvalue weighted by Gasteiger charge is -2.34. The van der Waals surface area contributed by atoms with Crippen LogP contribution in [-0.2, 0) is 16.8 Å². The smallest absolute Gasteiger partial charge is 0.277 e. The maximum Gasteiger partial charge on any atom is 0.277 e. The van der Waals surface area contributed by atoms with Crippen molar-refractivity contribution >= 4 is 43.9 Å². The van der Waals surface area contributed by atoms with Crippen LogP contribution in [0.3, 0.4) is 0 Å². The molecular formula is C24H29N9O2S. The zero-order valence-electron chi connectivity index (χ0n) is 20.7. The molecule has 3 aromatic heterocycles. The van der Waals surface area contributed by atoms with Crippen molar-refractivity contribution in [3.63, 3.8) is 0 Å². The minimum absolute atomic E-state index is 0.244. The van der Waals surface area contributed by atoms with Crippen LogP contribution in [0, 0.1) is 0 Å². The average molecular weight is 508 g/mol. The number of rotatable bonds is 5. The average Bonchev–Trinajstić information content (AvgIpc) is 3.08. The summed E-state index contributed by atoms with van der Waals surface area (Å²) in [4.78, 5) is 31.0. The van der Waals surface area contributed by atoms with Crippen molar-refractivity contribution < 1.29 is 4.21 Å². The van der Waals surface area contributed by atoms with Gasteiger partial charge < -0.3 is 15.1 Å². The van der Waals surface area contributed by atoms with Gasteiger partial charge in [0.1, 0.15) is 5.39 Å². The van der Waals surface area contributed by atoms with Gasteiger partial charge in [-0.1, -0.05) is 6.07 Å². The Kier molecular flexibility index (Phi) is 6.22. The third-order valence-electron chi connectivity index (χ3n) is 6.04. The summed E-state index contributed by atoms with van der Waals surface area (Å²) in [5.41, 5.74) is 2.19. The fourth-order valence-electron chi connectivity index (χ4n) is 4.17. The normalized spacial score (nSPS) is 14.8. The van der Waals surface area contributed by atoms with Gasteiger partial charge >= 0.3 is 0 Å². The number of nitrogens with zero attached hydrogens (tertiary/aromatic N) is 8. The zero-order chi connectivity index (χ0) is 25.4. The Hall–Kier alpha value is -3.77. The third-order valence-corrected chi connectivity index (χ3v) is 6.66. The first-order valence-electron chi connectivity index (χ1n) is 11.6. The SMILES string of the molecule is CN1CCN(c2ccc(Nc3ncc4c(=O)n(C)n(-c5cccc(N=S(C)(C)=O)n5)c4n3)cc2)CC1. The van der Waals surface area contributed by atoms with Gasteiger partial charge in [0.15, 0.2) is 17.3 Å². The summed E-state index contributed by atoms with van der Waals surface area (Å²) >= 11 is 0. The van der Waals surface area contributed by atoms with Crippen molar-refractivity contribution in [1.82, 2.24) is 29.2 Å². The molecule has 0 unspecified atom stereocenters. The van der Waals surface area contributed by atoms with E-state index in [1.807, 2.05) is 12.1 Å². The van der Waals surface area contributed by atoms with Crippen LogP contribution in [0.5, 0.6) is 0 Å². The molecule has 12 heteroatoms. The molecular weight excluding hydrogens is 478 g/mol. The highest BCUT2D eigenvalue weighted by Gasteiger charge is 2.17. The van der Waals surface area contributed by atoms with Gasteiger partial charge in [-0.2, -0.15) is 9.35 Å². The molecule has 0 amide bonds. The van der Waals surface area contributed by atoms with Gasteiger partial charge in [0, 0.05) is 73.0 Å². The Labute approximate surface area is 209 Å². The van der Waals surface area contributed by atoms with E-state index in [-0.39, 0.29) is 5.56 Å². The molecule has 4 heterocycles. The Balaban J connectivity index is 1.46. The number of aromatic nitrogens is 5. The molecule has 1 N–H and O–H groups in total. The van der Waals surface area contributed by atoms with Crippen LogP contribution in [0.1, 0.15) is 0 Å². The number of benzene rings is 1. The number of hydrogen-bond acceptors (Lipinski definition) is 9. The van der Waals surface area contributed by atoms with Crippen molar-refractivity contribution in [3.8, 4) is 5.82 Å². The molecule has 1 saturated heterocycles. The topological polar surface area (TPSA) is 114 Å². The van der Waals surface area contributed by atoms with Crippen LogP contribution in [-0.4, -0.2) is 79.2 Å². The summed E-state index contributed by atoms with van der Waals surface area (Å²) in [6.07, 6.45) is 4.61. The monoisotopic (exact) mass is 507 g/mol. The van der Waals surface area contributed by atoms with Crippen LogP contribution in [0.4, 0.5) is 23.1 Å². The molecule has 0 atom stereocenters. The lowest BCUT2D eigenvalue weighted by atomic mass is 10.2. The van der Waals surface area contributed by atoms with E-state index in [1.54, 1.807) is 42.4 Å². The first-order valence-corrected chi connectivity index (χ1v) is 13.9. The van der Waals surface area contributed by atoms with Gasteiger partial charge in [-0.3, -0.25) is 4.79 Å². The molecule has 1 aromatic carbocycles. The lowest BCUT2D eigenvalue weighted by Crippen LogP contribution is -2.44. The van der Waals surface area contributed by atoms with E-state index in [4.69, 9.17) is 0 Å². The molecule has 0 saturated carbocycles. The Bertz CT molecular complexity index is 1580. The molecule has 0 spiro atoms. The second-order valence-corrected chi connectivity index (χ2v) is 11.7. The molecule has 1 aliphatic heterocycles. The van der Waals surface area contributed by atoms with E-state index in [1.165, 1.54) is 16.6 Å². The molecule has 0 bridgehead atoms. The molecule has 188 valence electrons. The molecule has 0 aliphatic carbocycles. The minimum atomic E-state index is -2.38. The number of likely N-dealkylation sites (N-methyl/N-ethyl adjacent to an activating group) is 1. The van der Waals surface area contributed by atoms with Crippen LogP contribution in [0.15, 0.2) is 57.8 Å². The molecule has 11 nitrogen and oxygen atoms in total. The number of pyridine rings is 1. The largest absolute Gasteiger partial charge is 0.369 e. The highest BCUT2D eigenvalue weighted by molar-refractivity contribution is 7.92. The fraction of sp³-hybridized carbons (Fsp3) is 0.333. The van der Waals surface area contributed by atoms with E-state index in [0.29, 0.717) is 28.6 Å². The summed E-state index contributed by atoms with van der Waals surface area (Å²) in [6.45, 7) is 4.11. The highest BCUT2D eigenvalue weighted by atomic mass is 32.2. The molecule has 4 aromatic rings. The Morgan fingerprint density at radius 3 is 2.39 bits per heavy atom. The van der Waals surface area contributed by atoms with E-state index < -0.39 is 9.73 Å². The third kappa shape index (κ3) is 4.95. The van der Waals surface area contributed by atoms with Crippen molar-refractivity contribution in [2.24, 2.45) is 11.4 Å². The number of piperazine rings is 1. The number of anilines is 3. The second kappa shape index (κ2) is 9.36. The summed E-state index contributed by atoms with van der Waals surface area (Å²) in [5, 5.41) is 3.60. The van der Waals surface area contributed by atoms with Gasteiger partial charge in [-0.15, -0.1) is 0 Å². The second-order valence-electron chi connectivity index (χ2n) is 9.16. The van der Waals surface area contributed by atoms with Gasteiger partial charge in [0.25, 0.3) is 5.56 Å².